The SMILES string of the molecule is CC(=O)c1sc(CN2CCOCC2)nc1C. The molecule has 88 valence electrons. The van der Waals surface area contributed by atoms with Crippen LogP contribution in [0.4, 0.5) is 0 Å². The minimum Gasteiger partial charge on any atom is -0.379 e. The number of aromatic nitrogens is 1. The summed E-state index contributed by atoms with van der Waals surface area (Å²) >= 11 is 1.52. The van der Waals surface area contributed by atoms with E-state index in [1.807, 2.05) is 6.92 Å². The van der Waals surface area contributed by atoms with E-state index in [0.717, 1.165) is 48.4 Å². The van der Waals surface area contributed by atoms with Gasteiger partial charge < -0.3 is 4.74 Å². The van der Waals surface area contributed by atoms with E-state index in [9.17, 15) is 4.79 Å². The number of nitrogens with zero attached hydrogens (tertiary/aromatic N) is 2. The van der Waals surface area contributed by atoms with E-state index in [0.29, 0.717) is 0 Å². The van der Waals surface area contributed by atoms with E-state index < -0.39 is 0 Å². The van der Waals surface area contributed by atoms with E-state index >= 15 is 0 Å². The molecule has 0 aromatic carbocycles. The summed E-state index contributed by atoms with van der Waals surface area (Å²) in [5.41, 5.74) is 0.862. The lowest BCUT2D eigenvalue weighted by Crippen LogP contribution is -2.35. The van der Waals surface area contributed by atoms with E-state index in [1.54, 1.807) is 6.92 Å². The Bertz CT molecular complexity index is 383. The van der Waals surface area contributed by atoms with Crippen molar-refractivity contribution in [3.63, 3.8) is 0 Å². The van der Waals surface area contributed by atoms with Crippen molar-refractivity contribution < 1.29 is 9.53 Å². The summed E-state index contributed by atoms with van der Waals surface area (Å²) < 4.78 is 5.29. The van der Waals surface area contributed by atoms with E-state index in [2.05, 4.69) is 9.88 Å². The second-order valence-corrected chi connectivity index (χ2v) is 5.05. The molecule has 0 N–H and O–H groups in total. The number of thiazole rings is 1. The quantitative estimate of drug-likeness (QED) is 0.751. The molecule has 1 aliphatic heterocycles. The number of carbonyl (C=O) groups is 1. The summed E-state index contributed by atoms with van der Waals surface area (Å²) in [4.78, 5) is 18.9. The smallest absolute Gasteiger partial charge is 0.171 e. The van der Waals surface area contributed by atoms with Crippen LogP contribution in [-0.4, -0.2) is 42.0 Å². The molecule has 0 amide bonds. The molecule has 2 heterocycles. The van der Waals surface area contributed by atoms with Crippen molar-refractivity contribution in [2.45, 2.75) is 20.4 Å². The first-order valence-corrected chi connectivity index (χ1v) is 6.26. The van der Waals surface area contributed by atoms with E-state index in [4.69, 9.17) is 4.74 Å². The molecule has 5 heteroatoms. The molecule has 0 atom stereocenters. The van der Waals surface area contributed by atoms with Gasteiger partial charge in [-0.15, -0.1) is 11.3 Å². The van der Waals surface area contributed by atoms with Crippen LogP contribution in [0.3, 0.4) is 0 Å². The lowest BCUT2D eigenvalue weighted by molar-refractivity contribution is 0.0341. The number of Topliss-reactive ketones (excluding diaryl/α,β-unsaturated/α-hetero) is 1. The first kappa shape index (κ1) is 11.7. The van der Waals surface area contributed by atoms with E-state index in [-0.39, 0.29) is 5.78 Å². The third-order valence-electron chi connectivity index (χ3n) is 2.62. The van der Waals surface area contributed by atoms with Gasteiger partial charge >= 0.3 is 0 Å². The lowest BCUT2D eigenvalue weighted by Gasteiger charge is -2.25. The van der Waals surface area contributed by atoms with Gasteiger partial charge in [0.1, 0.15) is 5.01 Å². The average molecular weight is 240 g/mol. The molecule has 4 nitrogen and oxygen atoms in total. The standard InChI is InChI=1S/C11H16N2O2S/c1-8-11(9(2)14)16-10(12-8)7-13-3-5-15-6-4-13/h3-7H2,1-2H3. The van der Waals surface area contributed by atoms with Gasteiger partial charge in [0.25, 0.3) is 0 Å². The number of rotatable bonds is 3. The fourth-order valence-corrected chi connectivity index (χ4v) is 2.80. The molecule has 0 radical (unpaired) electrons. The summed E-state index contributed by atoms with van der Waals surface area (Å²) in [5.74, 6) is 0.114. The molecular weight excluding hydrogens is 224 g/mol. The van der Waals surface area contributed by atoms with Crippen molar-refractivity contribution in [3.05, 3.63) is 15.6 Å². The molecule has 1 fully saturated rings. The molecule has 1 aromatic rings. The normalized spacial score (nSPS) is 17.6. The Hall–Kier alpha value is -0.780. The van der Waals surface area contributed by atoms with Crippen LogP contribution in [0.25, 0.3) is 0 Å². The Balaban J connectivity index is 2.03. The molecule has 0 aliphatic carbocycles. The Morgan fingerprint density at radius 2 is 2.19 bits per heavy atom. The first-order chi connectivity index (χ1) is 7.66. The summed E-state index contributed by atoms with van der Waals surface area (Å²) in [6.45, 7) is 7.83. The van der Waals surface area contributed by atoms with E-state index in [1.165, 1.54) is 11.3 Å². The van der Waals surface area contributed by atoms with Crippen LogP contribution >= 0.6 is 11.3 Å². The lowest BCUT2D eigenvalue weighted by atomic mass is 10.3. The number of aryl methyl sites for hydroxylation is 1. The topological polar surface area (TPSA) is 42.4 Å². The molecule has 0 bridgehead atoms. The number of hydrogen-bond donors (Lipinski definition) is 0. The van der Waals surface area contributed by atoms with Crippen LogP contribution in [0.5, 0.6) is 0 Å². The first-order valence-electron chi connectivity index (χ1n) is 5.44. The van der Waals surface area contributed by atoms with Crippen molar-refractivity contribution >= 4 is 17.1 Å². The van der Waals surface area contributed by atoms with Crippen LogP contribution in [-0.2, 0) is 11.3 Å². The summed E-state index contributed by atoms with van der Waals surface area (Å²) in [5, 5.41) is 1.03. The van der Waals surface area contributed by atoms with Gasteiger partial charge in [-0.3, -0.25) is 9.69 Å². The zero-order valence-electron chi connectivity index (χ0n) is 9.65. The van der Waals surface area contributed by atoms with Crippen molar-refractivity contribution in [2.24, 2.45) is 0 Å². The third kappa shape index (κ3) is 2.66. The van der Waals surface area contributed by atoms with Gasteiger partial charge in [-0.25, -0.2) is 4.98 Å². The van der Waals surface area contributed by atoms with Crippen LogP contribution < -0.4 is 0 Å². The summed E-state index contributed by atoms with van der Waals surface area (Å²) in [6, 6.07) is 0. The Kier molecular flexibility index (Phi) is 3.68. The maximum absolute atomic E-state index is 11.3. The highest BCUT2D eigenvalue weighted by Crippen LogP contribution is 2.20. The fraction of sp³-hybridized carbons (Fsp3) is 0.636. The second kappa shape index (κ2) is 5.03. The van der Waals surface area contributed by atoms with Gasteiger partial charge in [0, 0.05) is 20.0 Å². The second-order valence-electron chi connectivity index (χ2n) is 3.97. The van der Waals surface area contributed by atoms with Crippen molar-refractivity contribution in [1.29, 1.82) is 0 Å². The predicted octanol–water partition coefficient (Wildman–Crippen LogP) is 1.49. The van der Waals surface area contributed by atoms with Crippen molar-refractivity contribution in [2.75, 3.05) is 26.3 Å². The number of ketones is 1. The highest BCUT2D eigenvalue weighted by molar-refractivity contribution is 7.13. The van der Waals surface area contributed by atoms with Gasteiger partial charge in [0.05, 0.1) is 30.3 Å². The van der Waals surface area contributed by atoms with Crippen LogP contribution in [0.2, 0.25) is 0 Å². The number of carbonyl (C=O) groups excluding carboxylic acids is 1. The molecule has 0 spiro atoms. The largest absolute Gasteiger partial charge is 0.379 e. The van der Waals surface area contributed by atoms with Gasteiger partial charge in [0.2, 0.25) is 0 Å². The highest BCUT2D eigenvalue weighted by atomic mass is 32.1. The van der Waals surface area contributed by atoms with Gasteiger partial charge in [-0.1, -0.05) is 0 Å². The van der Waals surface area contributed by atoms with Gasteiger partial charge in [-0.05, 0) is 6.92 Å². The average Bonchev–Trinajstić information content (AvgIpc) is 2.61. The maximum atomic E-state index is 11.3. The monoisotopic (exact) mass is 240 g/mol. The molecule has 0 saturated carbocycles. The highest BCUT2D eigenvalue weighted by Gasteiger charge is 2.15. The number of ether oxygens (including phenoxy) is 1. The van der Waals surface area contributed by atoms with Gasteiger partial charge in [-0.2, -0.15) is 0 Å². The maximum Gasteiger partial charge on any atom is 0.171 e. The zero-order chi connectivity index (χ0) is 11.5. The van der Waals surface area contributed by atoms with Crippen molar-refractivity contribution in [3.8, 4) is 0 Å². The molecule has 2 rings (SSSR count). The molecule has 1 aromatic heterocycles. The molecule has 16 heavy (non-hydrogen) atoms. The molecule has 1 saturated heterocycles. The van der Waals surface area contributed by atoms with Crippen LogP contribution in [0, 0.1) is 6.92 Å². The van der Waals surface area contributed by atoms with Crippen molar-refractivity contribution in [1.82, 2.24) is 9.88 Å². The van der Waals surface area contributed by atoms with Crippen LogP contribution in [0.15, 0.2) is 0 Å². The third-order valence-corrected chi connectivity index (χ3v) is 3.87. The molecule has 1 aliphatic rings. The Labute approximate surface area is 99.2 Å². The zero-order valence-corrected chi connectivity index (χ0v) is 10.5. The molecule has 0 unspecified atom stereocenters. The number of hydrogen-bond acceptors (Lipinski definition) is 5. The summed E-state index contributed by atoms with van der Waals surface area (Å²) in [7, 11) is 0. The van der Waals surface area contributed by atoms with Crippen LogP contribution in [0.1, 0.15) is 27.3 Å². The predicted molar refractivity (Wildman–Crippen MR) is 63.0 cm³/mol. The summed E-state index contributed by atoms with van der Waals surface area (Å²) in [6.07, 6.45) is 0. The fourth-order valence-electron chi connectivity index (χ4n) is 1.80. The minimum absolute atomic E-state index is 0.114. The Morgan fingerprint density at radius 3 is 2.75 bits per heavy atom. The van der Waals surface area contributed by atoms with Gasteiger partial charge in [0.15, 0.2) is 5.78 Å². The Morgan fingerprint density at radius 1 is 1.50 bits per heavy atom. The number of morpholine rings is 1. The molecular formula is C11H16N2O2S. The minimum atomic E-state index is 0.114.